The Morgan fingerprint density at radius 1 is 1.21 bits per heavy atom. The number of nitrogens with one attached hydrogen (secondary N) is 4. The molecule has 2 saturated carbocycles. The second-order valence-electron chi connectivity index (χ2n) is 10.7. The Kier molecular flexibility index (Phi) is 8.88. The zero-order chi connectivity index (χ0) is 27.5. The normalized spacial score (nSPS) is 32.8. The van der Waals surface area contributed by atoms with Crippen LogP contribution in [0.2, 0.25) is 0 Å². The van der Waals surface area contributed by atoms with Crippen molar-refractivity contribution in [2.45, 2.75) is 74.0 Å². The van der Waals surface area contributed by atoms with E-state index in [2.05, 4.69) is 27.8 Å². The molecule has 2 aliphatic carbocycles. The number of rotatable bonds is 8. The first-order chi connectivity index (χ1) is 18.8. The maximum atomic E-state index is 13.9. The second kappa shape index (κ2) is 12.3. The van der Waals surface area contributed by atoms with Crippen molar-refractivity contribution in [1.82, 2.24) is 21.3 Å². The van der Waals surface area contributed by atoms with E-state index in [-0.39, 0.29) is 54.4 Å². The van der Waals surface area contributed by atoms with Crippen molar-refractivity contribution >= 4 is 28.5 Å². The summed E-state index contributed by atoms with van der Waals surface area (Å²) in [5.74, 6) is 0.347. The first-order valence-corrected chi connectivity index (χ1v) is 13.9. The summed E-state index contributed by atoms with van der Waals surface area (Å²) in [6.07, 6.45) is 2.14. The summed E-state index contributed by atoms with van der Waals surface area (Å²) in [5.41, 5.74) is 0.237. The van der Waals surface area contributed by atoms with Gasteiger partial charge >= 0.3 is 5.63 Å². The first kappa shape index (κ1) is 28.0. The summed E-state index contributed by atoms with van der Waals surface area (Å²) in [7, 11) is 1.66. The molecule has 0 radical (unpaired) electrons. The van der Waals surface area contributed by atoms with Gasteiger partial charge in [-0.1, -0.05) is 6.58 Å². The fourth-order valence-corrected chi connectivity index (χ4v) is 6.31. The fraction of sp³-hybridized carbons (Fsp3) is 0.571. The van der Waals surface area contributed by atoms with Crippen molar-refractivity contribution < 1.29 is 23.1 Å². The van der Waals surface area contributed by atoms with Gasteiger partial charge in [-0.25, -0.2) is 9.18 Å². The molecule has 9 nitrogen and oxygen atoms in total. The molecule has 2 aromatic rings. The van der Waals surface area contributed by atoms with E-state index in [9.17, 15) is 14.0 Å². The minimum Gasteiger partial charge on any atom is -0.489 e. The van der Waals surface area contributed by atoms with Crippen LogP contribution >= 0.6 is 11.6 Å². The van der Waals surface area contributed by atoms with Crippen LogP contribution < -0.4 is 31.6 Å². The van der Waals surface area contributed by atoms with Gasteiger partial charge in [0, 0.05) is 54.9 Å². The molecule has 1 aliphatic heterocycles. The Balaban J connectivity index is 1.18. The molecule has 2 heterocycles. The standard InChI is InChI=1S/C28H36ClFN4O5/c1-15(13-38-18-6-3-16-4-8-26(35)39-24(16)10-18)28(36)34-23-11-19-22(12-25(23)37-2)31-14-32-27(19)33-17-5-7-21(30)20(29)9-17/h3-4,6,8,10,17,19-23,25,27,31-33H,1,5,7,9,11-14H2,2H3,(H,34,36). The molecule has 39 heavy (non-hydrogen) atoms. The van der Waals surface area contributed by atoms with Gasteiger partial charge in [0.05, 0.1) is 23.7 Å². The summed E-state index contributed by atoms with van der Waals surface area (Å²) in [6.45, 7) is 4.55. The number of benzene rings is 1. The topological polar surface area (TPSA) is 114 Å². The Morgan fingerprint density at radius 2 is 2.03 bits per heavy atom. The molecule has 3 fully saturated rings. The second-order valence-corrected chi connectivity index (χ2v) is 11.3. The molecule has 1 aromatic heterocycles. The smallest absolute Gasteiger partial charge is 0.336 e. The van der Waals surface area contributed by atoms with Crippen LogP contribution in [0, 0.1) is 5.92 Å². The third-order valence-electron chi connectivity index (χ3n) is 8.15. The van der Waals surface area contributed by atoms with Crippen molar-refractivity contribution in [3.05, 3.63) is 52.9 Å². The third-order valence-corrected chi connectivity index (χ3v) is 8.60. The number of fused-ring (bicyclic) bond motifs is 2. The molecule has 8 atom stereocenters. The molecule has 0 bridgehead atoms. The summed E-state index contributed by atoms with van der Waals surface area (Å²) in [4.78, 5) is 24.6. The van der Waals surface area contributed by atoms with E-state index in [1.807, 2.05) is 0 Å². The van der Waals surface area contributed by atoms with E-state index in [4.69, 9.17) is 25.5 Å². The van der Waals surface area contributed by atoms with Gasteiger partial charge in [0.1, 0.15) is 24.1 Å². The Morgan fingerprint density at radius 3 is 2.82 bits per heavy atom. The average molecular weight is 563 g/mol. The van der Waals surface area contributed by atoms with Crippen LogP contribution in [0.1, 0.15) is 32.1 Å². The number of amides is 1. The minimum atomic E-state index is -0.950. The molecule has 1 aromatic carbocycles. The number of methoxy groups -OCH3 is 1. The maximum absolute atomic E-state index is 13.9. The van der Waals surface area contributed by atoms with E-state index in [1.165, 1.54) is 6.07 Å². The monoisotopic (exact) mass is 562 g/mol. The summed E-state index contributed by atoms with van der Waals surface area (Å²) in [6, 6.07) is 8.33. The minimum absolute atomic E-state index is 0.0120. The molecule has 5 rings (SSSR count). The predicted octanol–water partition coefficient (Wildman–Crippen LogP) is 2.57. The average Bonchev–Trinajstić information content (AvgIpc) is 2.93. The molecule has 0 spiro atoms. The van der Waals surface area contributed by atoms with E-state index >= 15 is 0 Å². The van der Waals surface area contributed by atoms with Gasteiger partial charge in [0.25, 0.3) is 0 Å². The highest BCUT2D eigenvalue weighted by Gasteiger charge is 2.44. The number of hydrogen-bond acceptors (Lipinski definition) is 8. The Hall–Kier alpha value is -2.50. The van der Waals surface area contributed by atoms with Crippen LogP contribution in [0.15, 0.2) is 51.7 Å². The van der Waals surface area contributed by atoms with Gasteiger partial charge < -0.3 is 24.5 Å². The van der Waals surface area contributed by atoms with Crippen LogP contribution in [-0.2, 0) is 9.53 Å². The van der Waals surface area contributed by atoms with Crippen LogP contribution in [-0.4, -0.2) is 68.2 Å². The van der Waals surface area contributed by atoms with Crippen LogP contribution in [0.25, 0.3) is 11.0 Å². The Bertz CT molecular complexity index is 1240. The van der Waals surface area contributed by atoms with Gasteiger partial charge in [-0.3, -0.25) is 15.4 Å². The SMILES string of the molecule is C=C(COc1ccc2ccc(=O)oc2c1)C(=O)NC1CC2C(CC1OC)NCNC2NC1CCC(F)C(Cl)C1. The van der Waals surface area contributed by atoms with Gasteiger partial charge in [-0.05, 0) is 50.3 Å². The molecular formula is C28H36ClFN4O5. The molecule has 8 unspecified atom stereocenters. The summed E-state index contributed by atoms with van der Waals surface area (Å²) in [5, 5.41) is 14.1. The van der Waals surface area contributed by atoms with Crippen molar-refractivity contribution in [3.63, 3.8) is 0 Å². The lowest BCUT2D eigenvalue weighted by atomic mass is 9.76. The van der Waals surface area contributed by atoms with E-state index in [0.29, 0.717) is 37.3 Å². The molecule has 11 heteroatoms. The van der Waals surface area contributed by atoms with Gasteiger partial charge in [-0.15, -0.1) is 11.6 Å². The molecule has 3 aliphatic rings. The maximum Gasteiger partial charge on any atom is 0.336 e. The zero-order valence-corrected chi connectivity index (χ0v) is 22.7. The Labute approximate surface area is 231 Å². The first-order valence-electron chi connectivity index (χ1n) is 13.5. The highest BCUT2D eigenvalue weighted by molar-refractivity contribution is 6.21. The van der Waals surface area contributed by atoms with Crippen molar-refractivity contribution in [2.24, 2.45) is 5.92 Å². The van der Waals surface area contributed by atoms with E-state index in [0.717, 1.165) is 18.2 Å². The van der Waals surface area contributed by atoms with Crippen molar-refractivity contribution in [1.29, 1.82) is 0 Å². The quantitative estimate of drug-likeness (QED) is 0.221. The van der Waals surface area contributed by atoms with E-state index in [1.54, 1.807) is 31.4 Å². The number of alkyl halides is 2. The molecule has 1 amide bonds. The van der Waals surface area contributed by atoms with E-state index < -0.39 is 17.2 Å². The van der Waals surface area contributed by atoms with Crippen molar-refractivity contribution in [2.75, 3.05) is 20.4 Å². The molecule has 4 N–H and O–H groups in total. The molecular weight excluding hydrogens is 527 g/mol. The van der Waals surface area contributed by atoms with Gasteiger partial charge in [0.2, 0.25) is 5.91 Å². The summed E-state index contributed by atoms with van der Waals surface area (Å²) >= 11 is 6.21. The highest BCUT2D eigenvalue weighted by atomic mass is 35.5. The number of ether oxygens (including phenoxy) is 2. The highest BCUT2D eigenvalue weighted by Crippen LogP contribution is 2.32. The number of hydrogen-bond donors (Lipinski definition) is 4. The lowest BCUT2D eigenvalue weighted by molar-refractivity contribution is -0.120. The lowest BCUT2D eigenvalue weighted by Gasteiger charge is -2.49. The van der Waals surface area contributed by atoms with Crippen LogP contribution in [0.4, 0.5) is 4.39 Å². The third kappa shape index (κ3) is 6.63. The summed E-state index contributed by atoms with van der Waals surface area (Å²) < 4.78 is 30.6. The van der Waals surface area contributed by atoms with Crippen LogP contribution in [0.5, 0.6) is 5.75 Å². The van der Waals surface area contributed by atoms with Gasteiger partial charge in [-0.2, -0.15) is 0 Å². The zero-order valence-electron chi connectivity index (χ0n) is 22.0. The van der Waals surface area contributed by atoms with Gasteiger partial charge in [0.15, 0.2) is 0 Å². The predicted molar refractivity (Wildman–Crippen MR) is 147 cm³/mol. The largest absolute Gasteiger partial charge is 0.489 e. The van der Waals surface area contributed by atoms with Crippen LogP contribution in [0.3, 0.4) is 0 Å². The molecule has 1 saturated heterocycles. The number of halogens is 2. The van der Waals surface area contributed by atoms with Crippen molar-refractivity contribution in [3.8, 4) is 5.75 Å². The number of carbonyl (C=O) groups excluding carboxylic acids is 1. The molecule has 212 valence electrons. The number of carbonyl (C=O) groups is 1. The lowest BCUT2D eigenvalue weighted by Crippen LogP contribution is -2.68. The fourth-order valence-electron chi connectivity index (χ4n) is 5.97.